The summed E-state index contributed by atoms with van der Waals surface area (Å²) in [5, 5.41) is 18.5. The number of azo groups is 1. The van der Waals surface area contributed by atoms with E-state index < -0.39 is 107 Å². The van der Waals surface area contributed by atoms with E-state index in [1.807, 2.05) is 0 Å². The van der Waals surface area contributed by atoms with Crippen molar-refractivity contribution in [2.45, 2.75) is 29.4 Å². The van der Waals surface area contributed by atoms with Gasteiger partial charge in [-0.1, -0.05) is 24.3 Å². The number of rotatable bonds is 11. The topological polar surface area (TPSA) is 478 Å². The summed E-state index contributed by atoms with van der Waals surface area (Å²) in [6, 6.07) is 20.8. The van der Waals surface area contributed by atoms with Gasteiger partial charge in [0, 0.05) is 62.0 Å². The van der Waals surface area contributed by atoms with Gasteiger partial charge >= 0.3 is 19.5 Å². The zero-order chi connectivity index (χ0) is 60.7. The number of ether oxygens (including phenoxy) is 1. The number of methoxy groups -OCH3 is 1. The number of phenols is 1. The van der Waals surface area contributed by atoms with E-state index in [0.717, 1.165) is 84.9 Å². The van der Waals surface area contributed by atoms with E-state index in [9.17, 15) is 78.4 Å². The number of hydrogen-bond donors (Lipinski definition) is 7. The Balaban J connectivity index is 0.00000768. The van der Waals surface area contributed by atoms with Crippen LogP contribution in [0.3, 0.4) is 0 Å². The van der Waals surface area contributed by atoms with Crippen LogP contribution in [0.2, 0.25) is 0 Å². The summed E-state index contributed by atoms with van der Waals surface area (Å²) in [5.41, 5.74) is -2.60. The van der Waals surface area contributed by atoms with Gasteiger partial charge in [0.1, 0.15) is 26.9 Å². The first-order chi connectivity index (χ1) is 39.8. The van der Waals surface area contributed by atoms with Crippen LogP contribution in [0.4, 0.5) is 17.1 Å². The number of anilines is 1. The Labute approximate surface area is 495 Å². The normalized spacial score (nSPS) is 13.0. The van der Waals surface area contributed by atoms with Gasteiger partial charge in [-0.2, -0.15) is 42.1 Å². The van der Waals surface area contributed by atoms with E-state index in [1.54, 1.807) is 0 Å². The monoisotopic (exact) mass is 1330 g/mol. The smallest absolute Gasteiger partial charge is 0.505 e. The summed E-state index contributed by atoms with van der Waals surface area (Å²) >= 11 is 0. The van der Waals surface area contributed by atoms with Gasteiger partial charge in [-0.3, -0.25) is 27.5 Å². The molecule has 0 spiro atoms. The maximum Gasteiger partial charge on any atom is 2.00 e. The summed E-state index contributed by atoms with van der Waals surface area (Å²) in [4.78, 5) is 32.6. The molecular formula is C49H29N11O19S6Zn. The largest absolute Gasteiger partial charge is 2.00 e. The second-order valence-electron chi connectivity index (χ2n) is 18.3. The molecular weight excluding hydrogens is 1300 g/mol. The number of fused-ring (bicyclic) bond motifs is 21. The molecule has 0 saturated heterocycles. The number of aromatic nitrogens is 8. The Hall–Kier alpha value is -8.72. The van der Waals surface area contributed by atoms with Gasteiger partial charge in [-0.05, 0) is 112 Å². The van der Waals surface area contributed by atoms with Crippen molar-refractivity contribution in [2.75, 3.05) is 11.8 Å². The standard InChI is InChI=1S/C49H29N11O19S6.Zn/c1-79-23-3-13-37(38(16-23)84(73,74)75)58-59-40-39(85(76,77)78)15-21-14-22(2-8-28(21)41(40)61)60-80(62,63)24-4-9-29-33(17-24)46-51-42(29)50-43-30-10-5-25(81(64,65)66)18-34(30)47(52-43)53-44-31-11-6-26(82(67,68)69)19-35(31)48(54-44)55-45-32-12-7-27(83(70,71)72)20-36(32)49(56-45)57-46;/h2-20H,1H3,(H7-2,50,51,52,53,54,55,56,57,58,59,60,61,64,65,66,67,68,69,70,71,72,73,74,75,76,77,78);/q-2;+2. The minimum Gasteiger partial charge on any atom is -0.505 e. The Bertz CT molecular complexity index is 5660. The average Bonchev–Trinajstić information content (AvgIpc) is 1.68. The van der Waals surface area contributed by atoms with Crippen molar-refractivity contribution < 1.29 is 103 Å². The third kappa shape index (κ3) is 10.7. The molecule has 2 aliphatic heterocycles. The molecule has 0 fully saturated rings. The second kappa shape index (κ2) is 20.5. The number of hydrogen-bond acceptors (Lipinski definition) is 22. The van der Waals surface area contributed by atoms with E-state index in [0.29, 0.717) is 0 Å². The molecule has 0 saturated carbocycles. The van der Waals surface area contributed by atoms with Crippen molar-refractivity contribution in [3.05, 3.63) is 115 Å². The molecule has 30 nitrogen and oxygen atoms in total. The summed E-state index contributed by atoms with van der Waals surface area (Å²) in [7, 11) is -28.4. The van der Waals surface area contributed by atoms with Crippen molar-refractivity contribution in [2.24, 2.45) is 10.2 Å². The van der Waals surface area contributed by atoms with Crippen LogP contribution in [0.5, 0.6) is 11.5 Å². The number of nitrogens with one attached hydrogen (secondary N) is 1. The van der Waals surface area contributed by atoms with Crippen molar-refractivity contribution >= 4 is 133 Å². The molecule has 86 heavy (non-hydrogen) atoms. The van der Waals surface area contributed by atoms with Gasteiger partial charge in [0.25, 0.3) is 60.6 Å². The number of aromatic hydroxyl groups is 1. The molecule has 12 rings (SSSR count). The zero-order valence-electron chi connectivity index (χ0n) is 42.6. The van der Waals surface area contributed by atoms with Crippen LogP contribution in [0, 0.1) is 0 Å². The van der Waals surface area contributed by atoms with E-state index in [2.05, 4.69) is 54.8 Å². The van der Waals surface area contributed by atoms with E-state index in [-0.39, 0.29) is 131 Å². The number of phenolic OH excluding ortho intramolecular Hbond substituents is 1. The average molecular weight is 1330 g/mol. The molecule has 7 N–H and O–H groups in total. The molecule has 0 amide bonds. The minimum atomic E-state index is -5.30. The maximum absolute atomic E-state index is 14.4. The third-order valence-electron chi connectivity index (χ3n) is 13.1. The van der Waals surface area contributed by atoms with Crippen LogP contribution in [0.1, 0.15) is 0 Å². The number of sulfonamides is 1. The van der Waals surface area contributed by atoms with Crippen molar-refractivity contribution in [3.63, 3.8) is 0 Å². The molecule has 3 aromatic heterocycles. The predicted molar refractivity (Wildman–Crippen MR) is 297 cm³/mol. The Kier molecular flexibility index (Phi) is 14.1. The number of nitrogens with zero attached hydrogens (tertiary/aromatic N) is 10. The predicted octanol–water partition coefficient (Wildman–Crippen LogP) is 6.44. The molecule has 7 aromatic carbocycles. The fraction of sp³-hybridized carbons (Fsp3) is 0.0204. The fourth-order valence-corrected chi connectivity index (χ4v) is 13.1. The number of benzene rings is 7. The van der Waals surface area contributed by atoms with Crippen LogP contribution in [0.25, 0.3) is 100 Å². The van der Waals surface area contributed by atoms with Gasteiger partial charge in [-0.25, -0.2) is 18.4 Å². The first-order valence-corrected chi connectivity index (χ1v) is 32.1. The summed E-state index contributed by atoms with van der Waals surface area (Å²) in [6.45, 7) is 0. The van der Waals surface area contributed by atoms with E-state index >= 15 is 0 Å². The van der Waals surface area contributed by atoms with E-state index in [1.165, 1.54) is 37.4 Å². The van der Waals surface area contributed by atoms with Crippen LogP contribution < -0.4 is 19.4 Å². The molecule has 2 aliphatic rings. The molecule has 0 atom stereocenters. The first-order valence-electron chi connectivity index (χ1n) is 23.4. The third-order valence-corrected chi connectivity index (χ3v) is 18.8. The van der Waals surface area contributed by atoms with Crippen LogP contribution in [-0.4, -0.2) is 115 Å². The van der Waals surface area contributed by atoms with Crippen LogP contribution >= 0.6 is 0 Å². The minimum absolute atomic E-state index is 0. The molecule has 8 bridgehead atoms. The van der Waals surface area contributed by atoms with Gasteiger partial charge in [0.15, 0.2) is 5.75 Å². The van der Waals surface area contributed by atoms with Gasteiger partial charge in [0.05, 0.1) is 50.0 Å². The van der Waals surface area contributed by atoms with Crippen molar-refractivity contribution in [1.82, 2.24) is 39.9 Å². The van der Waals surface area contributed by atoms with Gasteiger partial charge in [0.2, 0.25) is 0 Å². The van der Waals surface area contributed by atoms with E-state index in [4.69, 9.17) is 4.74 Å². The summed E-state index contributed by atoms with van der Waals surface area (Å²) in [6.07, 6.45) is 0. The van der Waals surface area contributed by atoms with Gasteiger partial charge < -0.3 is 39.7 Å². The molecule has 0 unspecified atom stereocenters. The molecule has 432 valence electrons. The van der Waals surface area contributed by atoms with Crippen LogP contribution in [0.15, 0.2) is 155 Å². The Morgan fingerprint density at radius 2 is 0.872 bits per heavy atom. The molecule has 10 aromatic rings. The van der Waals surface area contributed by atoms with Gasteiger partial charge in [-0.15, -0.1) is 10.2 Å². The molecule has 37 heteroatoms. The fourth-order valence-electron chi connectivity index (χ4n) is 9.17. The van der Waals surface area contributed by atoms with Crippen molar-refractivity contribution in [1.29, 1.82) is 0 Å². The summed E-state index contributed by atoms with van der Waals surface area (Å²) < 4.78 is 211. The van der Waals surface area contributed by atoms with Crippen molar-refractivity contribution in [3.8, 4) is 57.1 Å². The molecule has 0 aliphatic carbocycles. The maximum atomic E-state index is 14.4. The Morgan fingerprint density at radius 1 is 0.430 bits per heavy atom. The quantitative estimate of drug-likeness (QED) is 0.0416. The van der Waals surface area contributed by atoms with Crippen LogP contribution in [-0.2, 0) is 80.1 Å². The molecule has 0 radical (unpaired) electrons. The second-order valence-corrected chi connectivity index (χ2v) is 27.1. The molecule has 5 heterocycles. The Morgan fingerprint density at radius 3 is 1.36 bits per heavy atom. The zero-order valence-corrected chi connectivity index (χ0v) is 50.5. The first kappa shape index (κ1) is 59.0. The SMILES string of the molecule is COc1ccc(N=Nc2c(S(=O)(=O)O)cc3cc(NS(=O)(=O)c4ccc5c(c4)-c4nc-5nc5[n-]c(nc6nc(nc7[n-]c(n4)c4cc(S(=O)(=O)O)ccc74)-c4cc(S(=O)(=O)O)ccc4-6)c4cc(S(=O)(=O)O)ccc54)ccc3c2O)c(S(=O)(=O)O)c1.[Zn+2]. The summed E-state index contributed by atoms with van der Waals surface area (Å²) in [5.74, 6) is -1.96.